The van der Waals surface area contributed by atoms with Crippen molar-refractivity contribution >= 4 is 11.3 Å². The number of thiazole rings is 1. The maximum atomic E-state index is 10.4. The van der Waals surface area contributed by atoms with Crippen LogP contribution in [-0.2, 0) is 11.2 Å². The van der Waals surface area contributed by atoms with Gasteiger partial charge in [0.05, 0.1) is 16.7 Å². The molecule has 1 aromatic heterocycles. The molecular formula is C13H21NO2S. The summed E-state index contributed by atoms with van der Waals surface area (Å²) in [4.78, 5) is 4.41. The quantitative estimate of drug-likeness (QED) is 0.899. The molecule has 2 rings (SSSR count). The minimum Gasteiger partial charge on any atom is -0.390 e. The van der Waals surface area contributed by atoms with Gasteiger partial charge in [0, 0.05) is 24.6 Å². The summed E-state index contributed by atoms with van der Waals surface area (Å²) < 4.78 is 5.65. The van der Waals surface area contributed by atoms with Crippen LogP contribution < -0.4 is 0 Å². The Bertz CT molecular complexity index is 358. The van der Waals surface area contributed by atoms with Crippen molar-refractivity contribution in [3.8, 4) is 0 Å². The summed E-state index contributed by atoms with van der Waals surface area (Å²) >= 11 is 1.62. The molecule has 0 bridgehead atoms. The van der Waals surface area contributed by atoms with Gasteiger partial charge < -0.3 is 9.84 Å². The first-order valence-corrected chi connectivity index (χ1v) is 7.18. The molecule has 0 radical (unpaired) electrons. The van der Waals surface area contributed by atoms with Gasteiger partial charge in [0.25, 0.3) is 0 Å². The summed E-state index contributed by atoms with van der Waals surface area (Å²) in [6.45, 7) is 1.99. The van der Waals surface area contributed by atoms with Gasteiger partial charge in [-0.15, -0.1) is 11.3 Å². The van der Waals surface area contributed by atoms with Crippen molar-refractivity contribution in [3.05, 3.63) is 16.1 Å². The summed E-state index contributed by atoms with van der Waals surface area (Å²) in [7, 11) is 1.72. The molecule has 0 amide bonds. The summed E-state index contributed by atoms with van der Waals surface area (Å²) in [5, 5.41) is 13.5. The fourth-order valence-electron chi connectivity index (χ4n) is 2.67. The topological polar surface area (TPSA) is 42.4 Å². The second-order valence-electron chi connectivity index (χ2n) is 4.93. The molecule has 0 spiro atoms. The Hall–Kier alpha value is -0.450. The Morgan fingerprint density at radius 1 is 1.47 bits per heavy atom. The van der Waals surface area contributed by atoms with Gasteiger partial charge in [-0.1, -0.05) is 19.3 Å². The summed E-state index contributed by atoms with van der Waals surface area (Å²) in [6, 6.07) is 0. The SMILES string of the molecule is COC1(C(O)Cc2nc(C)cs2)CCCCC1. The van der Waals surface area contributed by atoms with Crippen LogP contribution >= 0.6 is 11.3 Å². The molecule has 0 aromatic carbocycles. The predicted octanol–water partition coefficient (Wildman–Crippen LogP) is 2.70. The Balaban J connectivity index is 2.04. The maximum absolute atomic E-state index is 10.4. The normalized spacial score (nSPS) is 21.4. The molecule has 1 fully saturated rings. The molecule has 4 heteroatoms. The largest absolute Gasteiger partial charge is 0.390 e. The lowest BCUT2D eigenvalue weighted by Gasteiger charge is -2.39. The maximum Gasteiger partial charge on any atom is 0.0955 e. The minimum absolute atomic E-state index is 0.335. The van der Waals surface area contributed by atoms with Crippen molar-refractivity contribution in [2.24, 2.45) is 0 Å². The van der Waals surface area contributed by atoms with Crippen molar-refractivity contribution in [3.63, 3.8) is 0 Å². The first-order valence-electron chi connectivity index (χ1n) is 6.30. The average molecular weight is 255 g/mol. The average Bonchev–Trinajstić information content (AvgIpc) is 2.75. The Morgan fingerprint density at radius 2 is 2.18 bits per heavy atom. The third-order valence-electron chi connectivity index (χ3n) is 3.75. The molecule has 1 atom stereocenters. The fourth-order valence-corrected chi connectivity index (χ4v) is 3.48. The highest BCUT2D eigenvalue weighted by Crippen LogP contribution is 2.35. The van der Waals surface area contributed by atoms with Crippen molar-refractivity contribution in [1.82, 2.24) is 4.98 Å². The van der Waals surface area contributed by atoms with E-state index in [1.807, 2.05) is 12.3 Å². The van der Waals surface area contributed by atoms with Gasteiger partial charge in [-0.2, -0.15) is 0 Å². The second kappa shape index (κ2) is 5.46. The van der Waals surface area contributed by atoms with E-state index in [4.69, 9.17) is 4.74 Å². The highest BCUT2D eigenvalue weighted by molar-refractivity contribution is 7.09. The molecule has 3 nitrogen and oxygen atoms in total. The lowest BCUT2D eigenvalue weighted by Crippen LogP contribution is -2.46. The van der Waals surface area contributed by atoms with Crippen LogP contribution in [0.25, 0.3) is 0 Å². The van der Waals surface area contributed by atoms with E-state index >= 15 is 0 Å². The second-order valence-corrected chi connectivity index (χ2v) is 5.87. The molecule has 17 heavy (non-hydrogen) atoms. The first-order chi connectivity index (χ1) is 8.16. The number of hydrogen-bond acceptors (Lipinski definition) is 4. The van der Waals surface area contributed by atoms with E-state index in [-0.39, 0.29) is 5.60 Å². The zero-order chi connectivity index (χ0) is 12.3. The number of nitrogens with zero attached hydrogens (tertiary/aromatic N) is 1. The highest BCUT2D eigenvalue weighted by atomic mass is 32.1. The molecule has 1 heterocycles. The zero-order valence-electron chi connectivity index (χ0n) is 10.6. The van der Waals surface area contributed by atoms with Gasteiger partial charge in [-0.05, 0) is 19.8 Å². The third kappa shape index (κ3) is 2.87. The van der Waals surface area contributed by atoms with Gasteiger partial charge in [-0.3, -0.25) is 0 Å². The van der Waals surface area contributed by atoms with Crippen molar-refractivity contribution in [2.45, 2.75) is 57.2 Å². The van der Waals surface area contributed by atoms with Gasteiger partial charge >= 0.3 is 0 Å². The lowest BCUT2D eigenvalue weighted by atomic mass is 9.79. The van der Waals surface area contributed by atoms with Crippen LogP contribution in [0.1, 0.15) is 42.8 Å². The number of ether oxygens (including phenoxy) is 1. The third-order valence-corrected chi connectivity index (χ3v) is 4.74. The molecule has 1 aromatic rings. The van der Waals surface area contributed by atoms with Crippen LogP contribution in [0.2, 0.25) is 0 Å². The minimum atomic E-state index is -0.432. The molecule has 0 saturated heterocycles. The molecule has 1 saturated carbocycles. The molecular weight excluding hydrogens is 234 g/mol. The number of aromatic nitrogens is 1. The lowest BCUT2D eigenvalue weighted by molar-refractivity contribution is -0.122. The summed E-state index contributed by atoms with van der Waals surface area (Å²) in [5.74, 6) is 0. The van der Waals surface area contributed by atoms with E-state index in [2.05, 4.69) is 4.98 Å². The van der Waals surface area contributed by atoms with E-state index in [0.29, 0.717) is 6.42 Å². The van der Waals surface area contributed by atoms with E-state index in [1.54, 1.807) is 18.4 Å². The standard InChI is InChI=1S/C13H21NO2S/c1-10-9-17-12(14-10)8-11(15)13(16-2)6-4-3-5-7-13/h9,11,15H,3-8H2,1-2H3. The Kier molecular flexibility index (Phi) is 4.17. The first kappa shape index (κ1) is 13.0. The molecule has 0 aliphatic heterocycles. The number of rotatable bonds is 4. The molecule has 1 aliphatic rings. The molecule has 96 valence electrons. The van der Waals surface area contributed by atoms with Gasteiger partial charge in [0.1, 0.15) is 0 Å². The van der Waals surface area contributed by atoms with E-state index in [0.717, 1.165) is 36.4 Å². The zero-order valence-corrected chi connectivity index (χ0v) is 11.4. The number of aliphatic hydroxyl groups is 1. The van der Waals surface area contributed by atoms with Crippen LogP contribution in [0.3, 0.4) is 0 Å². The van der Waals surface area contributed by atoms with Gasteiger partial charge in [-0.25, -0.2) is 4.98 Å². The van der Waals surface area contributed by atoms with Crippen LogP contribution in [0.15, 0.2) is 5.38 Å². The Labute approximate surface area is 107 Å². The molecule has 1 aliphatic carbocycles. The number of aliphatic hydroxyl groups excluding tert-OH is 1. The summed E-state index contributed by atoms with van der Waals surface area (Å²) in [5.41, 5.74) is 0.699. The van der Waals surface area contributed by atoms with E-state index < -0.39 is 6.10 Å². The van der Waals surface area contributed by atoms with Crippen molar-refractivity contribution in [2.75, 3.05) is 7.11 Å². The van der Waals surface area contributed by atoms with Crippen LogP contribution in [0.5, 0.6) is 0 Å². The molecule has 1 N–H and O–H groups in total. The smallest absolute Gasteiger partial charge is 0.0955 e. The van der Waals surface area contributed by atoms with Crippen LogP contribution in [0, 0.1) is 6.92 Å². The van der Waals surface area contributed by atoms with Crippen LogP contribution in [0.4, 0.5) is 0 Å². The predicted molar refractivity (Wildman–Crippen MR) is 69.4 cm³/mol. The van der Waals surface area contributed by atoms with Crippen LogP contribution in [-0.4, -0.2) is 28.9 Å². The van der Waals surface area contributed by atoms with E-state index in [9.17, 15) is 5.11 Å². The fraction of sp³-hybridized carbons (Fsp3) is 0.769. The van der Waals surface area contributed by atoms with Gasteiger partial charge in [0.15, 0.2) is 0 Å². The van der Waals surface area contributed by atoms with Gasteiger partial charge in [0.2, 0.25) is 0 Å². The molecule has 1 unspecified atom stereocenters. The highest BCUT2D eigenvalue weighted by Gasteiger charge is 2.39. The monoisotopic (exact) mass is 255 g/mol. The van der Waals surface area contributed by atoms with Crippen molar-refractivity contribution in [1.29, 1.82) is 0 Å². The Morgan fingerprint density at radius 3 is 2.71 bits per heavy atom. The van der Waals surface area contributed by atoms with Crippen molar-refractivity contribution < 1.29 is 9.84 Å². The number of hydrogen-bond donors (Lipinski definition) is 1. The van der Waals surface area contributed by atoms with E-state index in [1.165, 1.54) is 6.42 Å². The summed E-state index contributed by atoms with van der Waals surface area (Å²) in [6.07, 6.45) is 5.69. The number of aryl methyl sites for hydroxylation is 1. The number of methoxy groups -OCH3 is 1.